The van der Waals surface area contributed by atoms with Crippen LogP contribution in [0.2, 0.25) is 0 Å². The number of nitrogens with zero attached hydrogens (tertiary/aromatic N) is 1. The second-order valence-corrected chi connectivity index (χ2v) is 6.03. The number of quaternary nitrogens is 1. The van der Waals surface area contributed by atoms with Crippen LogP contribution in [0.3, 0.4) is 0 Å². The predicted octanol–water partition coefficient (Wildman–Crippen LogP) is 0.0504. The molecule has 0 aliphatic rings. The predicted molar refractivity (Wildman–Crippen MR) is 109 cm³/mol. The summed E-state index contributed by atoms with van der Waals surface area (Å²) in [6.07, 6.45) is 7.15. The number of pyridine rings is 1. The van der Waals surface area contributed by atoms with Crippen LogP contribution in [-0.2, 0) is 0 Å². The normalized spacial score (nSPS) is 10.4. The second kappa shape index (κ2) is 10.2. The maximum absolute atomic E-state index is 11.5. The van der Waals surface area contributed by atoms with Crippen molar-refractivity contribution in [3.05, 3.63) is 65.5 Å². The van der Waals surface area contributed by atoms with Crippen molar-refractivity contribution in [3.63, 3.8) is 0 Å². The molecule has 0 radical (unpaired) electrons. The number of halogens is 1. The van der Waals surface area contributed by atoms with E-state index in [0.29, 0.717) is 23.5 Å². The first kappa shape index (κ1) is 21.9. The molecule has 0 aliphatic heterocycles. The fraction of sp³-hybridized carbons (Fsp3) is 0.200. The summed E-state index contributed by atoms with van der Waals surface area (Å²) in [5.74, 6) is 0.702. The van der Waals surface area contributed by atoms with E-state index in [1.165, 1.54) is 11.8 Å². The quantitative estimate of drug-likeness (QED) is 0.259. The average Bonchev–Trinajstić information content (AvgIpc) is 3.12. The van der Waals surface area contributed by atoms with Crippen molar-refractivity contribution in [2.45, 2.75) is 12.8 Å². The van der Waals surface area contributed by atoms with Gasteiger partial charge in [-0.05, 0) is 18.6 Å². The molecule has 1 aromatic carbocycles. The lowest BCUT2D eigenvalue weighted by atomic mass is 10.1. The van der Waals surface area contributed by atoms with E-state index in [0.717, 1.165) is 30.2 Å². The molecule has 0 bridgehead atoms. The Balaban J connectivity index is 0.00000140. The van der Waals surface area contributed by atoms with Crippen LogP contribution in [0, 0.1) is 0 Å². The standard InChI is InChI=1S/C20H18N2O4.ClH.H3P/c23-19-4-3-15-18(26-19)13-17-16(7-12-24-17)20(15)25-11-2-1-8-22-14-5-9-21-10-6-14;;/h3-7,9-10,12-13H,1-2,8,11H2,(H,21,22);1H;1H3. The molecule has 4 rings (SSSR count). The minimum Gasteiger partial charge on any atom is -1.00 e. The van der Waals surface area contributed by atoms with Crippen LogP contribution in [0.1, 0.15) is 12.8 Å². The number of benzene rings is 1. The van der Waals surface area contributed by atoms with Crippen molar-refractivity contribution >= 4 is 37.5 Å². The van der Waals surface area contributed by atoms with Gasteiger partial charge in [0.15, 0.2) is 0 Å². The van der Waals surface area contributed by atoms with Gasteiger partial charge in [-0.3, -0.25) is 4.98 Å². The molecule has 0 saturated carbocycles. The van der Waals surface area contributed by atoms with Gasteiger partial charge in [0.1, 0.15) is 22.6 Å². The third-order valence-corrected chi connectivity index (χ3v) is 4.24. The number of fused-ring (bicyclic) bond motifs is 2. The van der Waals surface area contributed by atoms with Gasteiger partial charge in [0.05, 0.1) is 30.2 Å². The average molecular weight is 421 g/mol. The number of hydrogen-bond acceptors (Lipinski definition) is 5. The number of unbranched alkanes of at least 4 members (excludes halogenated alkanes) is 1. The van der Waals surface area contributed by atoms with Gasteiger partial charge in [0.25, 0.3) is 0 Å². The van der Waals surface area contributed by atoms with Crippen molar-refractivity contribution in [1.29, 1.82) is 0 Å². The fourth-order valence-electron chi connectivity index (χ4n) is 2.95. The van der Waals surface area contributed by atoms with E-state index in [1.54, 1.807) is 30.8 Å². The lowest BCUT2D eigenvalue weighted by Crippen LogP contribution is -3.00. The monoisotopic (exact) mass is 420 g/mol. The van der Waals surface area contributed by atoms with Gasteiger partial charge in [0.2, 0.25) is 0 Å². The summed E-state index contributed by atoms with van der Waals surface area (Å²) in [6, 6.07) is 10.7. The Bertz CT molecular complexity index is 1080. The van der Waals surface area contributed by atoms with Crippen molar-refractivity contribution in [2.24, 2.45) is 0 Å². The number of aromatic nitrogens is 1. The van der Waals surface area contributed by atoms with E-state index in [2.05, 4.69) is 10.3 Å². The summed E-state index contributed by atoms with van der Waals surface area (Å²) in [7, 11) is 0. The number of hydrogen-bond donors (Lipinski definition) is 1. The van der Waals surface area contributed by atoms with Crippen LogP contribution in [-0.4, -0.2) is 18.1 Å². The molecule has 3 aromatic heterocycles. The zero-order valence-corrected chi connectivity index (χ0v) is 17.4. The number of nitrogens with two attached hydrogens (primary N) is 1. The van der Waals surface area contributed by atoms with Gasteiger partial charge in [-0.1, -0.05) is 0 Å². The molecule has 2 N–H and O–H groups in total. The van der Waals surface area contributed by atoms with Crippen molar-refractivity contribution in [1.82, 2.24) is 4.98 Å². The first-order valence-electron chi connectivity index (χ1n) is 8.61. The Morgan fingerprint density at radius 1 is 1.00 bits per heavy atom. The van der Waals surface area contributed by atoms with E-state index in [-0.39, 0.29) is 27.9 Å². The third-order valence-electron chi connectivity index (χ3n) is 4.24. The number of rotatable bonds is 7. The molecule has 0 amide bonds. The molecule has 1 atom stereocenters. The largest absolute Gasteiger partial charge is 1.00 e. The lowest BCUT2D eigenvalue weighted by Gasteiger charge is -2.10. The van der Waals surface area contributed by atoms with Gasteiger partial charge in [-0.25, -0.2) is 4.79 Å². The number of furan rings is 1. The van der Waals surface area contributed by atoms with Gasteiger partial charge in [-0.2, -0.15) is 9.90 Å². The molecular weight excluding hydrogens is 399 g/mol. The van der Waals surface area contributed by atoms with E-state index in [4.69, 9.17) is 13.6 Å². The molecular formula is C20H22ClN2O4P. The number of ether oxygens (including phenoxy) is 1. The molecule has 4 aromatic rings. The smallest absolute Gasteiger partial charge is 0.336 e. The summed E-state index contributed by atoms with van der Waals surface area (Å²) < 4.78 is 16.8. The molecule has 0 saturated heterocycles. The van der Waals surface area contributed by atoms with Gasteiger partial charge in [-0.15, -0.1) is 0 Å². The van der Waals surface area contributed by atoms with E-state index < -0.39 is 0 Å². The Morgan fingerprint density at radius 3 is 2.61 bits per heavy atom. The zero-order valence-electron chi connectivity index (χ0n) is 15.3. The highest BCUT2D eigenvalue weighted by molar-refractivity contribution is 6.92. The topological polar surface area (TPSA) is 82.1 Å². The van der Waals surface area contributed by atoms with Crippen LogP contribution in [0.25, 0.3) is 21.9 Å². The second-order valence-electron chi connectivity index (χ2n) is 6.03. The van der Waals surface area contributed by atoms with Crippen LogP contribution in [0.15, 0.2) is 68.7 Å². The van der Waals surface area contributed by atoms with Gasteiger partial charge < -0.3 is 31.3 Å². The minimum atomic E-state index is -0.388. The van der Waals surface area contributed by atoms with Crippen LogP contribution in [0.5, 0.6) is 5.75 Å². The highest BCUT2D eigenvalue weighted by atomic mass is 35.5. The van der Waals surface area contributed by atoms with Crippen LogP contribution >= 0.6 is 9.90 Å². The molecule has 0 aliphatic carbocycles. The maximum atomic E-state index is 11.5. The van der Waals surface area contributed by atoms with Gasteiger partial charge in [0, 0.05) is 43.1 Å². The summed E-state index contributed by atoms with van der Waals surface area (Å²) in [6.45, 7) is 1.57. The van der Waals surface area contributed by atoms with Crippen molar-refractivity contribution in [3.8, 4) is 5.75 Å². The van der Waals surface area contributed by atoms with Crippen molar-refractivity contribution in [2.75, 3.05) is 13.2 Å². The fourth-order valence-corrected chi connectivity index (χ4v) is 2.95. The Hall–Kier alpha value is -2.40. The van der Waals surface area contributed by atoms with E-state index in [9.17, 15) is 4.79 Å². The summed E-state index contributed by atoms with van der Waals surface area (Å²) in [5, 5.41) is 3.86. The molecule has 0 fully saturated rings. The maximum Gasteiger partial charge on any atom is 0.336 e. The zero-order chi connectivity index (χ0) is 17.8. The highest BCUT2D eigenvalue weighted by Gasteiger charge is 2.13. The van der Waals surface area contributed by atoms with E-state index >= 15 is 0 Å². The first-order valence-corrected chi connectivity index (χ1v) is 8.61. The summed E-state index contributed by atoms with van der Waals surface area (Å²) in [4.78, 5) is 15.5. The van der Waals surface area contributed by atoms with Crippen LogP contribution in [0.4, 0.5) is 5.69 Å². The summed E-state index contributed by atoms with van der Waals surface area (Å²) >= 11 is 0. The Morgan fingerprint density at radius 2 is 1.79 bits per heavy atom. The minimum absolute atomic E-state index is 0. The van der Waals surface area contributed by atoms with E-state index in [1.807, 2.05) is 18.2 Å². The third kappa shape index (κ3) is 4.90. The molecule has 148 valence electrons. The Labute approximate surface area is 171 Å². The summed E-state index contributed by atoms with van der Waals surface area (Å²) in [5.41, 5.74) is 1.92. The van der Waals surface area contributed by atoms with Gasteiger partial charge >= 0.3 is 5.63 Å². The molecule has 6 nitrogen and oxygen atoms in total. The molecule has 1 unspecified atom stereocenters. The van der Waals surface area contributed by atoms with Crippen molar-refractivity contribution < 1.29 is 31.3 Å². The molecule has 0 spiro atoms. The highest BCUT2D eigenvalue weighted by Crippen LogP contribution is 2.35. The Kier molecular flexibility index (Phi) is 8.00. The lowest BCUT2D eigenvalue weighted by molar-refractivity contribution is -0.572. The SMILES string of the molecule is O=c1ccc2c(OCCCC[NH2+]c3ccncc3)c3ccoc3cc2o1.P.[Cl-]. The first-order chi connectivity index (χ1) is 12.8. The molecule has 8 heteroatoms. The molecule has 28 heavy (non-hydrogen) atoms. The van der Waals surface area contributed by atoms with Crippen LogP contribution < -0.4 is 28.1 Å². The molecule has 3 heterocycles.